The fourth-order valence-corrected chi connectivity index (χ4v) is 7.01. The van der Waals surface area contributed by atoms with Crippen LogP contribution in [-0.4, -0.2) is 25.2 Å². The summed E-state index contributed by atoms with van der Waals surface area (Å²) in [5.41, 5.74) is -0.258. The minimum Gasteiger partial charge on any atom is -0.465 e. The van der Waals surface area contributed by atoms with Gasteiger partial charge >= 0.3 is 11.9 Å². The number of hydrogen-bond acceptors (Lipinski definition) is 4. The van der Waals surface area contributed by atoms with E-state index in [0.717, 1.165) is 51.4 Å². The summed E-state index contributed by atoms with van der Waals surface area (Å²) < 4.78 is 11.6. The quantitative estimate of drug-likeness (QED) is 0.0474. The van der Waals surface area contributed by atoms with Crippen LogP contribution in [0.5, 0.6) is 0 Å². The van der Waals surface area contributed by atoms with Gasteiger partial charge in [0.25, 0.3) is 0 Å². The van der Waals surface area contributed by atoms with E-state index in [9.17, 15) is 9.59 Å². The van der Waals surface area contributed by atoms with Crippen molar-refractivity contribution < 1.29 is 19.1 Å². The summed E-state index contributed by atoms with van der Waals surface area (Å²) in [7, 11) is 0. The van der Waals surface area contributed by atoms with Crippen molar-refractivity contribution >= 4 is 11.9 Å². The maximum atomic E-state index is 12.6. The number of hydrogen-bond donors (Lipinski definition) is 0. The van der Waals surface area contributed by atoms with E-state index < -0.39 is 0 Å². The molecule has 0 aromatic heterocycles. The first-order valence-electron chi connectivity index (χ1n) is 22.3. The van der Waals surface area contributed by atoms with Gasteiger partial charge in [-0.2, -0.15) is 0 Å². The van der Waals surface area contributed by atoms with Crippen LogP contribution in [-0.2, 0) is 19.1 Å². The zero-order valence-corrected chi connectivity index (χ0v) is 34.0. The second kappa shape index (κ2) is 38.2. The van der Waals surface area contributed by atoms with Gasteiger partial charge in [-0.25, -0.2) is 0 Å². The highest BCUT2D eigenvalue weighted by molar-refractivity contribution is 5.69. The summed E-state index contributed by atoms with van der Waals surface area (Å²) in [6.07, 6.45) is 44.6. The molecule has 0 aliphatic rings. The van der Waals surface area contributed by atoms with E-state index in [1.165, 1.54) is 167 Å². The second-order valence-corrected chi connectivity index (χ2v) is 15.7. The maximum absolute atomic E-state index is 12.6. The Balaban J connectivity index is 3.92. The first-order valence-corrected chi connectivity index (χ1v) is 22.3. The molecule has 0 saturated heterocycles. The summed E-state index contributed by atoms with van der Waals surface area (Å²) in [4.78, 5) is 25.2. The summed E-state index contributed by atoms with van der Waals surface area (Å²) in [5, 5.41) is 0. The number of esters is 2. The Morgan fingerprint density at radius 1 is 0.347 bits per heavy atom. The molecular formula is C45H88O4. The van der Waals surface area contributed by atoms with Gasteiger partial charge in [0, 0.05) is 18.3 Å². The molecule has 0 aliphatic heterocycles. The van der Waals surface area contributed by atoms with Crippen molar-refractivity contribution in [1.29, 1.82) is 0 Å². The van der Waals surface area contributed by atoms with Gasteiger partial charge in [0.1, 0.15) is 13.2 Å². The molecule has 0 bridgehead atoms. The Kier molecular flexibility index (Phi) is 37.4. The fraction of sp³-hybridized carbons (Fsp3) is 0.956. The molecule has 49 heavy (non-hydrogen) atoms. The van der Waals surface area contributed by atoms with E-state index in [1.54, 1.807) is 0 Å². The molecule has 4 heteroatoms. The van der Waals surface area contributed by atoms with E-state index in [1.807, 2.05) is 0 Å². The van der Waals surface area contributed by atoms with Gasteiger partial charge in [-0.1, -0.05) is 220 Å². The molecule has 4 nitrogen and oxygen atoms in total. The molecule has 0 saturated carbocycles. The number of ether oxygens (including phenoxy) is 2. The summed E-state index contributed by atoms with van der Waals surface area (Å²) in [6.45, 7) is 9.63. The van der Waals surface area contributed by atoms with Crippen LogP contribution in [0.25, 0.3) is 0 Å². The Hall–Kier alpha value is -1.06. The maximum Gasteiger partial charge on any atom is 0.305 e. The smallest absolute Gasteiger partial charge is 0.305 e. The molecule has 0 amide bonds. The van der Waals surface area contributed by atoms with Crippen LogP contribution >= 0.6 is 0 Å². The van der Waals surface area contributed by atoms with Crippen molar-refractivity contribution in [3.05, 3.63) is 0 Å². The fourth-order valence-electron chi connectivity index (χ4n) is 7.01. The Bertz CT molecular complexity index is 640. The van der Waals surface area contributed by atoms with Crippen LogP contribution in [0.3, 0.4) is 0 Å². The van der Waals surface area contributed by atoms with E-state index in [-0.39, 0.29) is 17.4 Å². The van der Waals surface area contributed by atoms with Gasteiger partial charge in [-0.3, -0.25) is 9.59 Å². The van der Waals surface area contributed by atoms with Gasteiger partial charge in [0.15, 0.2) is 0 Å². The monoisotopic (exact) mass is 693 g/mol. The summed E-state index contributed by atoms with van der Waals surface area (Å²) >= 11 is 0. The van der Waals surface area contributed by atoms with E-state index in [4.69, 9.17) is 9.47 Å². The first kappa shape index (κ1) is 47.9. The average Bonchev–Trinajstić information content (AvgIpc) is 3.11. The summed E-state index contributed by atoms with van der Waals surface area (Å²) in [5.74, 6) is -0.179. The van der Waals surface area contributed by atoms with Crippen LogP contribution < -0.4 is 0 Å². The van der Waals surface area contributed by atoms with Crippen LogP contribution in [0.1, 0.15) is 259 Å². The highest BCUT2D eigenvalue weighted by Crippen LogP contribution is 2.31. The SMILES string of the molecule is CCCCCCCCCCCCCCCCCC(=O)OCC(CC)(CCCC)COC(=O)CCCCCCCCCCCCCCCCC. The second-order valence-electron chi connectivity index (χ2n) is 15.7. The predicted molar refractivity (Wildman–Crippen MR) is 213 cm³/mol. The zero-order chi connectivity index (χ0) is 35.9. The van der Waals surface area contributed by atoms with Crippen molar-refractivity contribution in [2.24, 2.45) is 5.41 Å². The van der Waals surface area contributed by atoms with E-state index in [0.29, 0.717) is 26.1 Å². The first-order chi connectivity index (χ1) is 24.0. The number of unbranched alkanes of at least 4 members (excludes halogenated alkanes) is 29. The van der Waals surface area contributed by atoms with Gasteiger partial charge in [0.05, 0.1) is 0 Å². The third-order valence-electron chi connectivity index (χ3n) is 10.9. The number of carbonyl (C=O) groups is 2. The third-order valence-corrected chi connectivity index (χ3v) is 10.9. The number of carbonyl (C=O) groups excluding carboxylic acids is 2. The lowest BCUT2D eigenvalue weighted by atomic mass is 9.81. The summed E-state index contributed by atoms with van der Waals surface area (Å²) in [6, 6.07) is 0. The molecule has 0 aliphatic carbocycles. The van der Waals surface area contributed by atoms with Crippen LogP contribution in [0.4, 0.5) is 0 Å². The largest absolute Gasteiger partial charge is 0.465 e. The lowest BCUT2D eigenvalue weighted by molar-refractivity contribution is -0.155. The van der Waals surface area contributed by atoms with Crippen molar-refractivity contribution in [2.75, 3.05) is 13.2 Å². The molecule has 292 valence electrons. The van der Waals surface area contributed by atoms with Crippen LogP contribution in [0.15, 0.2) is 0 Å². The van der Waals surface area contributed by atoms with Crippen LogP contribution in [0.2, 0.25) is 0 Å². The standard InChI is InChI=1S/C45H88O4/c1-5-9-12-14-16-18-20-22-24-26-28-30-32-34-36-38-43(46)48-41-45(8-4,40-11-7-3)42-49-44(47)39-37-35-33-31-29-27-25-23-21-19-17-15-13-10-6-2/h5-42H2,1-4H3. The molecule has 0 rings (SSSR count). The molecule has 0 N–H and O–H groups in total. The van der Waals surface area contributed by atoms with Gasteiger partial charge in [-0.05, 0) is 25.7 Å². The minimum atomic E-state index is -0.258. The third kappa shape index (κ3) is 33.8. The Morgan fingerprint density at radius 3 is 0.837 bits per heavy atom. The van der Waals surface area contributed by atoms with Crippen molar-refractivity contribution in [2.45, 2.75) is 259 Å². The zero-order valence-electron chi connectivity index (χ0n) is 34.0. The molecule has 0 heterocycles. The lowest BCUT2D eigenvalue weighted by Crippen LogP contribution is -2.34. The molecule has 0 unspecified atom stereocenters. The molecule has 0 radical (unpaired) electrons. The highest BCUT2D eigenvalue weighted by atomic mass is 16.5. The van der Waals surface area contributed by atoms with Crippen molar-refractivity contribution in [1.82, 2.24) is 0 Å². The van der Waals surface area contributed by atoms with E-state index >= 15 is 0 Å². The average molecular weight is 693 g/mol. The topological polar surface area (TPSA) is 52.6 Å². The van der Waals surface area contributed by atoms with Crippen molar-refractivity contribution in [3.63, 3.8) is 0 Å². The van der Waals surface area contributed by atoms with Gasteiger partial charge in [0.2, 0.25) is 0 Å². The van der Waals surface area contributed by atoms with Crippen LogP contribution in [0, 0.1) is 5.41 Å². The predicted octanol–water partition coefficient (Wildman–Crippen LogP) is 15.2. The Labute approximate surface area is 307 Å². The molecule has 0 fully saturated rings. The molecular weight excluding hydrogens is 604 g/mol. The molecule has 0 aromatic carbocycles. The molecule has 0 atom stereocenters. The minimum absolute atomic E-state index is 0.0897. The Morgan fingerprint density at radius 2 is 0.592 bits per heavy atom. The van der Waals surface area contributed by atoms with Gasteiger partial charge < -0.3 is 9.47 Å². The number of rotatable bonds is 40. The lowest BCUT2D eigenvalue weighted by Gasteiger charge is -2.31. The van der Waals surface area contributed by atoms with Crippen molar-refractivity contribution in [3.8, 4) is 0 Å². The molecule has 0 spiro atoms. The normalized spacial score (nSPS) is 11.7. The molecule has 0 aromatic rings. The van der Waals surface area contributed by atoms with Gasteiger partial charge in [-0.15, -0.1) is 0 Å². The van der Waals surface area contributed by atoms with E-state index in [2.05, 4.69) is 27.7 Å². The highest BCUT2D eigenvalue weighted by Gasteiger charge is 2.31.